The highest BCUT2D eigenvalue weighted by Gasteiger charge is 2.32. The van der Waals surface area contributed by atoms with Crippen LogP contribution in [-0.2, 0) is 14.6 Å². The summed E-state index contributed by atoms with van der Waals surface area (Å²) in [6.45, 7) is 2.75. The highest BCUT2D eigenvalue weighted by Crippen LogP contribution is 2.18. The van der Waals surface area contributed by atoms with E-state index in [9.17, 15) is 13.2 Å². The summed E-state index contributed by atoms with van der Waals surface area (Å²) in [5.74, 6) is 0.193. The van der Waals surface area contributed by atoms with E-state index in [0.29, 0.717) is 23.7 Å². The zero-order chi connectivity index (χ0) is 15.5. The van der Waals surface area contributed by atoms with Crippen LogP contribution in [0, 0.1) is 0 Å². The Morgan fingerprint density at radius 3 is 2.81 bits per heavy atom. The molecule has 7 heteroatoms. The van der Waals surface area contributed by atoms with Gasteiger partial charge in [-0.15, -0.1) is 0 Å². The van der Waals surface area contributed by atoms with E-state index >= 15 is 0 Å². The maximum atomic E-state index is 12.1. The van der Waals surface area contributed by atoms with Crippen LogP contribution in [0.4, 0.5) is 5.69 Å². The van der Waals surface area contributed by atoms with Crippen molar-refractivity contribution < 1.29 is 13.2 Å². The summed E-state index contributed by atoms with van der Waals surface area (Å²) >= 11 is 5.87. The molecule has 1 atom stereocenters. The lowest BCUT2D eigenvalue weighted by Gasteiger charge is -2.25. The Morgan fingerprint density at radius 2 is 2.24 bits per heavy atom. The smallest absolute Gasteiger partial charge is 0.238 e. The van der Waals surface area contributed by atoms with E-state index in [1.54, 1.807) is 24.3 Å². The topological polar surface area (TPSA) is 66.5 Å². The molecule has 0 saturated carbocycles. The number of halogens is 1. The first kappa shape index (κ1) is 16.3. The highest BCUT2D eigenvalue weighted by molar-refractivity contribution is 7.91. The number of likely N-dealkylation sites (N-methyl/N-ethyl adjacent to an activating group) is 1. The molecule has 0 bridgehead atoms. The van der Waals surface area contributed by atoms with Crippen molar-refractivity contribution in [2.24, 2.45) is 0 Å². The zero-order valence-corrected chi connectivity index (χ0v) is 13.5. The third kappa shape index (κ3) is 4.69. The molecule has 1 N–H and O–H groups in total. The third-order valence-electron chi connectivity index (χ3n) is 3.59. The number of benzene rings is 1. The van der Waals surface area contributed by atoms with Crippen molar-refractivity contribution in [3.8, 4) is 0 Å². The molecular weight excluding hydrogens is 312 g/mol. The van der Waals surface area contributed by atoms with Crippen molar-refractivity contribution >= 4 is 33.0 Å². The van der Waals surface area contributed by atoms with Gasteiger partial charge in [-0.3, -0.25) is 9.69 Å². The quantitative estimate of drug-likeness (QED) is 0.893. The minimum absolute atomic E-state index is 0.0647. The van der Waals surface area contributed by atoms with Crippen molar-refractivity contribution in [3.05, 3.63) is 29.3 Å². The molecule has 0 radical (unpaired) electrons. The maximum absolute atomic E-state index is 12.1. The summed E-state index contributed by atoms with van der Waals surface area (Å²) in [5, 5.41) is 3.33. The van der Waals surface area contributed by atoms with Crippen molar-refractivity contribution in [3.63, 3.8) is 0 Å². The Hall–Kier alpha value is -1.11. The van der Waals surface area contributed by atoms with Gasteiger partial charge in [-0.25, -0.2) is 8.42 Å². The summed E-state index contributed by atoms with van der Waals surface area (Å²) in [4.78, 5) is 14.0. The summed E-state index contributed by atoms with van der Waals surface area (Å²) in [6, 6.07) is 6.87. The molecule has 0 aliphatic carbocycles. The Labute approximate surface area is 130 Å². The molecule has 2 rings (SSSR count). The van der Waals surface area contributed by atoms with Gasteiger partial charge in [-0.1, -0.05) is 24.6 Å². The van der Waals surface area contributed by atoms with E-state index in [2.05, 4.69) is 5.32 Å². The van der Waals surface area contributed by atoms with Crippen LogP contribution in [0.3, 0.4) is 0 Å². The first-order valence-electron chi connectivity index (χ1n) is 6.89. The van der Waals surface area contributed by atoms with Gasteiger partial charge in [-0.05, 0) is 31.2 Å². The number of carbonyl (C=O) groups is 1. The second-order valence-corrected chi connectivity index (χ2v) is 7.84. The molecule has 1 saturated heterocycles. The van der Waals surface area contributed by atoms with Crippen LogP contribution >= 0.6 is 11.6 Å². The maximum Gasteiger partial charge on any atom is 0.238 e. The fourth-order valence-electron chi connectivity index (χ4n) is 2.51. The number of amides is 1. The lowest BCUT2D eigenvalue weighted by Crippen LogP contribution is -2.41. The molecule has 116 valence electrons. The molecule has 1 aromatic carbocycles. The summed E-state index contributed by atoms with van der Waals surface area (Å²) in [6.07, 6.45) is 0.598. The monoisotopic (exact) mass is 330 g/mol. The summed E-state index contributed by atoms with van der Waals surface area (Å²) < 4.78 is 23.1. The third-order valence-corrected chi connectivity index (χ3v) is 5.57. The van der Waals surface area contributed by atoms with Crippen LogP contribution in [0.25, 0.3) is 0 Å². The molecule has 1 aliphatic rings. The Balaban J connectivity index is 1.94. The van der Waals surface area contributed by atoms with Crippen molar-refractivity contribution in [2.45, 2.75) is 19.4 Å². The minimum atomic E-state index is -2.94. The molecule has 1 fully saturated rings. The second kappa shape index (κ2) is 6.77. The molecule has 21 heavy (non-hydrogen) atoms. The molecule has 1 amide bonds. The fourth-order valence-corrected chi connectivity index (χ4v) is 4.47. The van der Waals surface area contributed by atoms with Crippen molar-refractivity contribution in [1.82, 2.24) is 4.90 Å². The number of nitrogens with one attached hydrogen (secondary N) is 1. The van der Waals surface area contributed by atoms with Gasteiger partial charge in [0.1, 0.15) is 0 Å². The van der Waals surface area contributed by atoms with Crippen LogP contribution in [0.15, 0.2) is 24.3 Å². The first-order chi connectivity index (χ1) is 9.89. The average molecular weight is 331 g/mol. The number of hydrogen-bond donors (Lipinski definition) is 1. The van der Waals surface area contributed by atoms with Gasteiger partial charge in [0, 0.05) is 16.8 Å². The molecule has 1 aliphatic heterocycles. The van der Waals surface area contributed by atoms with E-state index in [4.69, 9.17) is 11.6 Å². The second-order valence-electron chi connectivity index (χ2n) is 5.18. The number of anilines is 1. The number of carbonyl (C=O) groups excluding carboxylic acids is 1. The predicted molar refractivity (Wildman–Crippen MR) is 84.4 cm³/mol. The van der Waals surface area contributed by atoms with Gasteiger partial charge in [0.15, 0.2) is 9.84 Å². The normalized spacial score (nSPS) is 20.6. The van der Waals surface area contributed by atoms with Crippen LogP contribution in [0.2, 0.25) is 5.02 Å². The van der Waals surface area contributed by atoms with Gasteiger partial charge < -0.3 is 5.32 Å². The van der Waals surface area contributed by atoms with E-state index in [0.717, 1.165) is 0 Å². The zero-order valence-electron chi connectivity index (χ0n) is 11.9. The molecule has 5 nitrogen and oxygen atoms in total. The largest absolute Gasteiger partial charge is 0.325 e. The number of hydrogen-bond acceptors (Lipinski definition) is 4. The summed E-state index contributed by atoms with van der Waals surface area (Å²) in [5.41, 5.74) is 0.641. The van der Waals surface area contributed by atoms with Crippen LogP contribution in [0.1, 0.15) is 13.3 Å². The van der Waals surface area contributed by atoms with Crippen molar-refractivity contribution in [2.75, 3.05) is 29.9 Å². The van der Waals surface area contributed by atoms with Crippen LogP contribution in [-0.4, -0.2) is 49.9 Å². The molecule has 0 aromatic heterocycles. The predicted octanol–water partition coefficient (Wildman–Crippen LogP) is 1.79. The van der Waals surface area contributed by atoms with Gasteiger partial charge in [-0.2, -0.15) is 0 Å². The van der Waals surface area contributed by atoms with E-state index < -0.39 is 9.84 Å². The SMILES string of the molecule is CCN(CC(=O)Nc1cccc(Cl)c1)C1CCS(=O)(=O)C1. The average Bonchev–Trinajstić information content (AvgIpc) is 2.76. The number of sulfone groups is 1. The molecule has 0 spiro atoms. The number of nitrogens with zero attached hydrogens (tertiary/aromatic N) is 1. The van der Waals surface area contributed by atoms with Gasteiger partial charge in [0.2, 0.25) is 5.91 Å². The van der Waals surface area contributed by atoms with Gasteiger partial charge >= 0.3 is 0 Å². The molecule has 1 unspecified atom stereocenters. The summed E-state index contributed by atoms with van der Waals surface area (Å²) in [7, 11) is -2.94. The van der Waals surface area contributed by atoms with Gasteiger partial charge in [0.05, 0.1) is 18.1 Å². The van der Waals surface area contributed by atoms with Crippen molar-refractivity contribution in [1.29, 1.82) is 0 Å². The van der Waals surface area contributed by atoms with Crippen LogP contribution < -0.4 is 5.32 Å². The Kier molecular flexibility index (Phi) is 5.24. The number of rotatable bonds is 5. The fraction of sp³-hybridized carbons (Fsp3) is 0.500. The first-order valence-corrected chi connectivity index (χ1v) is 9.09. The van der Waals surface area contributed by atoms with Gasteiger partial charge in [0.25, 0.3) is 0 Å². The molecule has 1 heterocycles. The Morgan fingerprint density at radius 1 is 1.48 bits per heavy atom. The van der Waals surface area contributed by atoms with Crippen LogP contribution in [0.5, 0.6) is 0 Å². The lowest BCUT2D eigenvalue weighted by molar-refractivity contribution is -0.117. The van der Waals surface area contributed by atoms with E-state index in [1.165, 1.54) is 0 Å². The van der Waals surface area contributed by atoms with E-state index in [1.807, 2.05) is 11.8 Å². The standard InChI is InChI=1S/C14H19ClN2O3S/c1-2-17(13-6-7-21(19,20)10-13)9-14(18)16-12-5-3-4-11(15)8-12/h3-5,8,13H,2,6-7,9-10H2,1H3,(H,16,18). The molecule has 1 aromatic rings. The lowest BCUT2D eigenvalue weighted by atomic mass is 10.2. The minimum Gasteiger partial charge on any atom is -0.325 e. The molecular formula is C14H19ClN2O3S. The Bertz CT molecular complexity index is 618. The van der Waals surface area contributed by atoms with E-state index in [-0.39, 0.29) is 30.0 Å². The highest BCUT2D eigenvalue weighted by atomic mass is 35.5.